The molecule has 1 saturated carbocycles. The van der Waals surface area contributed by atoms with Crippen molar-refractivity contribution in [1.82, 2.24) is 19.1 Å². The van der Waals surface area contributed by atoms with Crippen LogP contribution in [0.15, 0.2) is 67.8 Å². The van der Waals surface area contributed by atoms with Gasteiger partial charge in [-0.05, 0) is 57.4 Å². The van der Waals surface area contributed by atoms with Crippen LogP contribution in [0.1, 0.15) is 47.9 Å². The summed E-state index contributed by atoms with van der Waals surface area (Å²) in [6, 6.07) is 14.2. The van der Waals surface area contributed by atoms with Gasteiger partial charge in [0.05, 0.1) is 17.4 Å². The molecule has 1 aliphatic carbocycles. The fourth-order valence-electron chi connectivity index (χ4n) is 6.61. The topological polar surface area (TPSA) is 129 Å². The number of aryl methyl sites for hydroxylation is 3. The molecule has 41 heavy (non-hydrogen) atoms. The van der Waals surface area contributed by atoms with Crippen LogP contribution in [0.2, 0.25) is 0 Å². The van der Waals surface area contributed by atoms with Gasteiger partial charge in [0.1, 0.15) is 24.0 Å². The van der Waals surface area contributed by atoms with E-state index in [1.165, 1.54) is 14.9 Å². The third kappa shape index (κ3) is 4.02. The van der Waals surface area contributed by atoms with E-state index in [1.807, 2.05) is 19.1 Å². The molecule has 212 valence electrons. The lowest BCUT2D eigenvalue weighted by Gasteiger charge is -2.38. The second kappa shape index (κ2) is 9.42. The lowest BCUT2D eigenvalue weighted by molar-refractivity contribution is 0.0266. The molecule has 0 spiro atoms. The Bertz CT molecular complexity index is 1770. The minimum Gasteiger partial charge on any atom is -0.388 e. The lowest BCUT2D eigenvalue weighted by Crippen LogP contribution is -2.53. The van der Waals surface area contributed by atoms with Crippen molar-refractivity contribution in [3.05, 3.63) is 92.0 Å². The average molecular weight is 558 g/mol. The number of oxime groups is 1. The van der Waals surface area contributed by atoms with Gasteiger partial charge in [-0.25, -0.2) is 23.5 Å². The number of fused-ring (bicyclic) bond motifs is 4. The van der Waals surface area contributed by atoms with Crippen LogP contribution in [-0.4, -0.2) is 48.2 Å². The Labute approximate surface area is 235 Å². The van der Waals surface area contributed by atoms with Crippen LogP contribution < -0.4 is 11.4 Å². The summed E-state index contributed by atoms with van der Waals surface area (Å²) in [6.07, 6.45) is -1.92. The van der Waals surface area contributed by atoms with Gasteiger partial charge in [0.2, 0.25) is 0 Å². The minimum absolute atomic E-state index is 0.300. The van der Waals surface area contributed by atoms with Gasteiger partial charge in [0.15, 0.2) is 11.9 Å². The minimum atomic E-state index is -0.963. The van der Waals surface area contributed by atoms with E-state index >= 15 is 0 Å². The third-order valence-electron chi connectivity index (χ3n) is 8.48. The van der Waals surface area contributed by atoms with E-state index in [2.05, 4.69) is 43.2 Å². The summed E-state index contributed by atoms with van der Waals surface area (Å²) in [6.45, 7) is 8.30. The van der Waals surface area contributed by atoms with Gasteiger partial charge in [-0.3, -0.25) is 0 Å². The highest BCUT2D eigenvalue weighted by Crippen LogP contribution is 2.46. The Kier molecular flexibility index (Phi) is 5.91. The molecule has 6 atom stereocenters. The zero-order valence-electron chi connectivity index (χ0n) is 23.2. The number of aliphatic hydroxyl groups is 1. The molecule has 0 unspecified atom stereocenters. The first-order valence-corrected chi connectivity index (χ1v) is 13.9. The SMILES string of the molecule is Cc1cc(C)c(-c2cc([C@H](C)ON=C3[C@H]4CCn5c(=O)n(-c6ccccc6)c(=O)n5[C@H]4[C@H](O)[C@@H]4O[C@H]34)on2)c(C)c1. The molecule has 3 aliphatic rings. The van der Waals surface area contributed by atoms with Crippen molar-refractivity contribution in [1.29, 1.82) is 0 Å². The first kappa shape index (κ1) is 25.7. The molecule has 1 saturated heterocycles. The van der Waals surface area contributed by atoms with Crippen molar-refractivity contribution in [2.75, 3.05) is 0 Å². The summed E-state index contributed by atoms with van der Waals surface area (Å²) in [5.74, 6) is 0.186. The molecule has 4 heterocycles. The van der Waals surface area contributed by atoms with Crippen LogP contribution in [0, 0.1) is 26.7 Å². The largest absolute Gasteiger partial charge is 0.388 e. The second-order valence-corrected chi connectivity index (χ2v) is 11.3. The molecular formula is C30H31N5O6. The summed E-state index contributed by atoms with van der Waals surface area (Å²) < 4.78 is 15.4. The lowest BCUT2D eigenvalue weighted by atomic mass is 9.78. The number of aliphatic hydroxyl groups excluding tert-OH is 1. The highest BCUT2D eigenvalue weighted by Gasteiger charge is 2.61. The number of ether oxygens (including phenoxy) is 1. The molecule has 0 bridgehead atoms. The van der Waals surface area contributed by atoms with E-state index in [0.717, 1.165) is 27.0 Å². The zero-order valence-corrected chi connectivity index (χ0v) is 23.2. The van der Waals surface area contributed by atoms with Crippen molar-refractivity contribution < 1.29 is 19.2 Å². The number of aromatic nitrogens is 4. The predicted octanol–water partition coefficient (Wildman–Crippen LogP) is 3.22. The van der Waals surface area contributed by atoms with Gasteiger partial charge in [-0.2, -0.15) is 0 Å². The molecule has 2 fully saturated rings. The molecular weight excluding hydrogens is 526 g/mol. The quantitative estimate of drug-likeness (QED) is 0.295. The van der Waals surface area contributed by atoms with Crippen molar-refractivity contribution in [2.24, 2.45) is 11.1 Å². The Hall–Kier alpha value is -4.22. The van der Waals surface area contributed by atoms with Crippen LogP contribution in [0.5, 0.6) is 0 Å². The van der Waals surface area contributed by atoms with Crippen LogP contribution in [0.4, 0.5) is 0 Å². The maximum Gasteiger partial charge on any atom is 0.352 e. The van der Waals surface area contributed by atoms with E-state index < -0.39 is 41.8 Å². The van der Waals surface area contributed by atoms with E-state index in [4.69, 9.17) is 14.1 Å². The summed E-state index contributed by atoms with van der Waals surface area (Å²) in [7, 11) is 0. The molecule has 2 aliphatic heterocycles. The monoisotopic (exact) mass is 557 g/mol. The normalized spacial score (nSPS) is 26.3. The van der Waals surface area contributed by atoms with E-state index in [-0.39, 0.29) is 5.92 Å². The standard InChI is InChI=1S/C30H31N5O6/c1-15-12-16(2)23(17(3)13-15)21-14-22(41-31-21)18(4)40-32-24-20-10-11-33-29(37)34(19-8-6-5-7-9-19)30(38)35(33)25(20)26(36)28-27(24)39-28/h5-9,12-14,18,20,25-28,36H,10-11H2,1-4H3/t18-,20+,25+,26-,27+,28-/m0/s1. The van der Waals surface area contributed by atoms with Gasteiger partial charge < -0.3 is 19.2 Å². The van der Waals surface area contributed by atoms with Gasteiger partial charge >= 0.3 is 11.4 Å². The molecule has 0 radical (unpaired) electrons. The summed E-state index contributed by atoms with van der Waals surface area (Å²) in [5.41, 5.74) is 5.36. The molecule has 11 nitrogen and oxygen atoms in total. The van der Waals surface area contributed by atoms with Gasteiger partial charge in [-0.1, -0.05) is 46.2 Å². The Morgan fingerprint density at radius 2 is 1.80 bits per heavy atom. The Balaban J connectivity index is 1.18. The molecule has 2 aromatic heterocycles. The summed E-state index contributed by atoms with van der Waals surface area (Å²) in [5, 5.41) is 20.0. The first-order chi connectivity index (χ1) is 19.7. The summed E-state index contributed by atoms with van der Waals surface area (Å²) in [4.78, 5) is 32.7. The zero-order chi connectivity index (χ0) is 28.6. The smallest absolute Gasteiger partial charge is 0.352 e. The van der Waals surface area contributed by atoms with Crippen LogP contribution >= 0.6 is 0 Å². The number of nitrogens with zero attached hydrogens (tertiary/aromatic N) is 5. The van der Waals surface area contributed by atoms with Crippen LogP contribution in [0.25, 0.3) is 16.9 Å². The molecule has 11 heteroatoms. The molecule has 0 amide bonds. The van der Waals surface area contributed by atoms with Crippen molar-refractivity contribution in [2.45, 2.75) is 71.1 Å². The average Bonchev–Trinajstić information content (AvgIpc) is 3.53. The number of rotatable bonds is 5. The van der Waals surface area contributed by atoms with Crippen molar-refractivity contribution >= 4 is 5.71 Å². The maximum atomic E-state index is 13.6. The Morgan fingerprint density at radius 3 is 2.54 bits per heavy atom. The van der Waals surface area contributed by atoms with Crippen molar-refractivity contribution in [3.8, 4) is 16.9 Å². The van der Waals surface area contributed by atoms with Gasteiger partial charge in [0, 0.05) is 24.1 Å². The van der Waals surface area contributed by atoms with Crippen molar-refractivity contribution in [3.63, 3.8) is 0 Å². The highest BCUT2D eigenvalue weighted by atomic mass is 16.7. The van der Waals surface area contributed by atoms with Crippen LogP contribution in [-0.2, 0) is 16.1 Å². The second-order valence-electron chi connectivity index (χ2n) is 11.3. The Morgan fingerprint density at radius 1 is 1.07 bits per heavy atom. The maximum absolute atomic E-state index is 13.6. The summed E-state index contributed by atoms with van der Waals surface area (Å²) >= 11 is 0. The van der Waals surface area contributed by atoms with E-state index in [1.54, 1.807) is 24.3 Å². The molecule has 1 N–H and O–H groups in total. The predicted molar refractivity (Wildman–Crippen MR) is 149 cm³/mol. The fraction of sp³-hybridized carbons (Fsp3) is 0.400. The van der Waals surface area contributed by atoms with E-state index in [9.17, 15) is 14.7 Å². The number of epoxide rings is 1. The molecule has 7 rings (SSSR count). The third-order valence-corrected chi connectivity index (χ3v) is 8.48. The fourth-order valence-corrected chi connectivity index (χ4v) is 6.61. The molecule has 2 aromatic carbocycles. The number of para-hydroxylation sites is 1. The highest BCUT2D eigenvalue weighted by molar-refractivity contribution is 5.94. The molecule has 4 aromatic rings. The number of hydrogen-bond acceptors (Lipinski definition) is 8. The van der Waals surface area contributed by atoms with E-state index in [0.29, 0.717) is 30.1 Å². The van der Waals surface area contributed by atoms with Gasteiger partial charge in [-0.15, -0.1) is 0 Å². The number of hydrogen-bond donors (Lipinski definition) is 1. The van der Waals surface area contributed by atoms with Crippen LogP contribution in [0.3, 0.4) is 0 Å². The van der Waals surface area contributed by atoms with Gasteiger partial charge in [0.25, 0.3) is 0 Å². The number of benzene rings is 2. The first-order valence-electron chi connectivity index (χ1n) is 13.9.